The number of aromatic nitrogens is 1. The lowest BCUT2D eigenvalue weighted by atomic mass is 9.80. The second kappa shape index (κ2) is 8.41. The molecule has 0 radical (unpaired) electrons. The topological polar surface area (TPSA) is 24.9 Å². The van der Waals surface area contributed by atoms with Crippen LogP contribution in [0.3, 0.4) is 0 Å². The fraction of sp³-hybridized carbons (Fsp3) is 0.722. The maximum absolute atomic E-state index is 4.69. The molecule has 1 aromatic rings. The molecule has 0 bridgehead atoms. The zero-order chi connectivity index (χ0) is 14.2. The summed E-state index contributed by atoms with van der Waals surface area (Å²) < 4.78 is 0. The van der Waals surface area contributed by atoms with E-state index in [0.717, 1.165) is 0 Å². The van der Waals surface area contributed by atoms with Crippen LogP contribution in [0, 0.1) is 0 Å². The third-order valence-corrected chi connectivity index (χ3v) is 4.71. The van der Waals surface area contributed by atoms with Crippen molar-refractivity contribution in [2.24, 2.45) is 0 Å². The van der Waals surface area contributed by atoms with E-state index in [9.17, 15) is 0 Å². The quantitative estimate of drug-likeness (QED) is 0.708. The van der Waals surface area contributed by atoms with Crippen LogP contribution in [-0.2, 0) is 6.42 Å². The molecular formula is C18H30N2. The summed E-state index contributed by atoms with van der Waals surface area (Å²) in [5, 5.41) is 3.56. The number of likely N-dealkylation sites (N-methyl/N-ethyl adjacent to an activating group) is 1. The molecule has 2 unspecified atom stereocenters. The fourth-order valence-corrected chi connectivity index (χ4v) is 3.55. The number of hydrogen-bond donors (Lipinski definition) is 1. The molecule has 0 aromatic carbocycles. The van der Waals surface area contributed by atoms with E-state index in [4.69, 9.17) is 0 Å². The van der Waals surface area contributed by atoms with Gasteiger partial charge in [-0.3, -0.25) is 4.98 Å². The Morgan fingerprint density at radius 3 is 2.95 bits per heavy atom. The summed E-state index contributed by atoms with van der Waals surface area (Å²) in [5.41, 5.74) is 2.85. The van der Waals surface area contributed by atoms with E-state index >= 15 is 0 Å². The smallest absolute Gasteiger partial charge is 0.0481 e. The molecule has 1 aliphatic carbocycles. The highest BCUT2D eigenvalue weighted by atomic mass is 14.9. The van der Waals surface area contributed by atoms with Gasteiger partial charge in [0, 0.05) is 23.9 Å². The Morgan fingerprint density at radius 2 is 2.15 bits per heavy atom. The summed E-state index contributed by atoms with van der Waals surface area (Å²) in [6.45, 7) is 2.28. The molecule has 0 fully saturated rings. The van der Waals surface area contributed by atoms with E-state index in [-0.39, 0.29) is 0 Å². The number of fused-ring (bicyclic) bond motifs is 1. The summed E-state index contributed by atoms with van der Waals surface area (Å²) in [6, 6.07) is 4.95. The van der Waals surface area contributed by atoms with Crippen molar-refractivity contribution in [3.8, 4) is 0 Å². The molecule has 2 heteroatoms. The van der Waals surface area contributed by atoms with E-state index in [2.05, 4.69) is 36.4 Å². The van der Waals surface area contributed by atoms with Gasteiger partial charge in [0.05, 0.1) is 0 Å². The molecule has 0 saturated heterocycles. The normalized spacial score (nSPS) is 19.6. The van der Waals surface area contributed by atoms with Crippen molar-refractivity contribution < 1.29 is 0 Å². The first kappa shape index (κ1) is 15.5. The van der Waals surface area contributed by atoms with Gasteiger partial charge in [0.25, 0.3) is 0 Å². The van der Waals surface area contributed by atoms with Crippen LogP contribution in [0.1, 0.15) is 75.5 Å². The molecule has 1 heterocycles. The first-order chi connectivity index (χ1) is 9.86. The molecule has 2 rings (SSSR count). The van der Waals surface area contributed by atoms with E-state index in [1.54, 1.807) is 0 Å². The lowest BCUT2D eigenvalue weighted by Crippen LogP contribution is -2.34. The summed E-state index contributed by atoms with van der Waals surface area (Å²) in [6.07, 6.45) is 13.9. The average molecular weight is 274 g/mol. The van der Waals surface area contributed by atoms with Crippen LogP contribution >= 0.6 is 0 Å². The average Bonchev–Trinajstić information content (AvgIpc) is 2.51. The lowest BCUT2D eigenvalue weighted by Gasteiger charge is -2.31. The minimum absolute atomic E-state index is 0.602. The van der Waals surface area contributed by atoms with Crippen molar-refractivity contribution in [3.05, 3.63) is 29.6 Å². The number of unbranched alkanes of at least 4 members (excludes halogenated alkanes) is 4. The van der Waals surface area contributed by atoms with Gasteiger partial charge in [-0.05, 0) is 44.4 Å². The molecule has 112 valence electrons. The monoisotopic (exact) mass is 274 g/mol. The molecule has 2 nitrogen and oxygen atoms in total. The Kier molecular flexibility index (Phi) is 6.52. The van der Waals surface area contributed by atoms with E-state index in [1.165, 1.54) is 69.0 Å². The SMILES string of the molecule is CCCCCCCC(NC)C1CCCc2cccnc21. The largest absolute Gasteiger partial charge is 0.316 e. The molecule has 2 atom stereocenters. The number of rotatable bonds is 8. The number of aryl methyl sites for hydroxylation is 1. The van der Waals surface area contributed by atoms with Crippen LogP contribution in [0.5, 0.6) is 0 Å². The predicted molar refractivity (Wildman–Crippen MR) is 86.1 cm³/mol. The van der Waals surface area contributed by atoms with Crippen molar-refractivity contribution in [2.75, 3.05) is 7.05 Å². The highest BCUT2D eigenvalue weighted by Gasteiger charge is 2.27. The van der Waals surface area contributed by atoms with Crippen LogP contribution in [0.15, 0.2) is 18.3 Å². The van der Waals surface area contributed by atoms with Crippen molar-refractivity contribution in [3.63, 3.8) is 0 Å². The van der Waals surface area contributed by atoms with Gasteiger partial charge in [0.1, 0.15) is 0 Å². The number of nitrogens with zero attached hydrogens (tertiary/aromatic N) is 1. The van der Waals surface area contributed by atoms with Crippen molar-refractivity contribution in [1.29, 1.82) is 0 Å². The minimum atomic E-state index is 0.602. The number of nitrogens with one attached hydrogen (secondary N) is 1. The Bertz CT molecular complexity index is 389. The Morgan fingerprint density at radius 1 is 1.30 bits per heavy atom. The van der Waals surface area contributed by atoms with Crippen LogP contribution in [0.4, 0.5) is 0 Å². The molecule has 1 N–H and O–H groups in total. The van der Waals surface area contributed by atoms with Crippen LogP contribution < -0.4 is 5.32 Å². The summed E-state index contributed by atoms with van der Waals surface area (Å²) in [5.74, 6) is 0.621. The third kappa shape index (κ3) is 4.05. The lowest BCUT2D eigenvalue weighted by molar-refractivity contribution is 0.374. The van der Waals surface area contributed by atoms with Gasteiger partial charge < -0.3 is 5.32 Å². The summed E-state index contributed by atoms with van der Waals surface area (Å²) >= 11 is 0. The first-order valence-corrected chi connectivity index (χ1v) is 8.47. The second-order valence-corrected chi connectivity index (χ2v) is 6.14. The van der Waals surface area contributed by atoms with Crippen LogP contribution in [-0.4, -0.2) is 18.1 Å². The van der Waals surface area contributed by atoms with Crippen LogP contribution in [0.25, 0.3) is 0 Å². The second-order valence-electron chi connectivity index (χ2n) is 6.14. The van der Waals surface area contributed by atoms with Gasteiger partial charge >= 0.3 is 0 Å². The Balaban J connectivity index is 1.91. The van der Waals surface area contributed by atoms with E-state index in [0.29, 0.717) is 12.0 Å². The van der Waals surface area contributed by atoms with Crippen molar-refractivity contribution >= 4 is 0 Å². The van der Waals surface area contributed by atoms with E-state index in [1.807, 2.05) is 6.20 Å². The van der Waals surface area contributed by atoms with Gasteiger partial charge in [0.2, 0.25) is 0 Å². The molecule has 20 heavy (non-hydrogen) atoms. The molecule has 0 aliphatic heterocycles. The highest BCUT2D eigenvalue weighted by molar-refractivity contribution is 5.27. The fourth-order valence-electron chi connectivity index (χ4n) is 3.55. The minimum Gasteiger partial charge on any atom is -0.316 e. The summed E-state index contributed by atoms with van der Waals surface area (Å²) in [7, 11) is 2.12. The van der Waals surface area contributed by atoms with Crippen molar-refractivity contribution in [1.82, 2.24) is 10.3 Å². The van der Waals surface area contributed by atoms with Gasteiger partial charge in [-0.2, -0.15) is 0 Å². The van der Waals surface area contributed by atoms with Gasteiger partial charge in [-0.25, -0.2) is 0 Å². The summed E-state index contributed by atoms with van der Waals surface area (Å²) in [4.78, 5) is 4.69. The Labute approximate surface area is 124 Å². The molecule has 1 aliphatic rings. The molecule has 1 aromatic heterocycles. The van der Waals surface area contributed by atoms with Gasteiger partial charge in [-0.15, -0.1) is 0 Å². The number of pyridine rings is 1. The molecule has 0 spiro atoms. The van der Waals surface area contributed by atoms with E-state index < -0.39 is 0 Å². The standard InChI is InChI=1S/C18H30N2/c1-3-4-5-6-7-13-17(19-2)16-12-8-10-15-11-9-14-20-18(15)16/h9,11,14,16-17,19H,3-8,10,12-13H2,1-2H3. The van der Waals surface area contributed by atoms with Crippen molar-refractivity contribution in [2.45, 2.75) is 76.7 Å². The van der Waals surface area contributed by atoms with Gasteiger partial charge in [-0.1, -0.05) is 45.1 Å². The molecule has 0 amide bonds. The van der Waals surface area contributed by atoms with Gasteiger partial charge in [0.15, 0.2) is 0 Å². The zero-order valence-electron chi connectivity index (χ0n) is 13.2. The molecule has 0 saturated carbocycles. The Hall–Kier alpha value is -0.890. The molecular weight excluding hydrogens is 244 g/mol. The predicted octanol–water partition coefficient (Wildman–Crippen LogP) is 4.45. The maximum atomic E-state index is 4.69. The highest BCUT2D eigenvalue weighted by Crippen LogP contribution is 2.33. The third-order valence-electron chi connectivity index (χ3n) is 4.71. The zero-order valence-corrected chi connectivity index (χ0v) is 13.2. The maximum Gasteiger partial charge on any atom is 0.0481 e. The van der Waals surface area contributed by atoms with Crippen LogP contribution in [0.2, 0.25) is 0 Å². The number of hydrogen-bond acceptors (Lipinski definition) is 2. The first-order valence-electron chi connectivity index (χ1n) is 8.47.